The summed E-state index contributed by atoms with van der Waals surface area (Å²) in [5, 5.41) is 5.97. The van der Waals surface area contributed by atoms with Crippen LogP contribution in [0, 0.1) is 13.8 Å². The van der Waals surface area contributed by atoms with Gasteiger partial charge < -0.3 is 5.32 Å². The molecule has 112 valence electrons. The predicted octanol–water partition coefficient (Wildman–Crippen LogP) is 3.83. The molecule has 0 aliphatic rings. The van der Waals surface area contributed by atoms with Crippen molar-refractivity contribution in [1.29, 1.82) is 0 Å². The molecule has 0 saturated heterocycles. The van der Waals surface area contributed by atoms with E-state index in [4.69, 9.17) is 12.2 Å². The van der Waals surface area contributed by atoms with Crippen LogP contribution in [0.4, 0.5) is 5.69 Å². The number of hydrogen-bond acceptors (Lipinski definition) is 2. The van der Waals surface area contributed by atoms with Crippen LogP contribution in [0.3, 0.4) is 0 Å². The molecule has 2 aromatic rings. The van der Waals surface area contributed by atoms with Crippen molar-refractivity contribution in [3.8, 4) is 0 Å². The van der Waals surface area contributed by atoms with Gasteiger partial charge in [-0.1, -0.05) is 42.5 Å². The smallest absolute Gasteiger partial charge is 0.250 e. The summed E-state index contributed by atoms with van der Waals surface area (Å²) in [6.07, 6.45) is 3.21. The lowest BCUT2D eigenvalue weighted by Gasteiger charge is -2.11. The lowest BCUT2D eigenvalue weighted by molar-refractivity contribution is -0.115. The van der Waals surface area contributed by atoms with E-state index in [2.05, 4.69) is 10.6 Å². The number of amides is 1. The van der Waals surface area contributed by atoms with Crippen molar-refractivity contribution in [2.45, 2.75) is 13.8 Å². The number of anilines is 1. The molecule has 0 spiro atoms. The summed E-state index contributed by atoms with van der Waals surface area (Å²) in [5.74, 6) is -0.258. The first-order chi connectivity index (χ1) is 10.5. The second kappa shape index (κ2) is 7.52. The molecule has 4 heteroatoms. The van der Waals surface area contributed by atoms with Crippen LogP contribution in [0.25, 0.3) is 6.08 Å². The first kappa shape index (κ1) is 15.9. The maximum absolute atomic E-state index is 11.8. The molecule has 22 heavy (non-hydrogen) atoms. The third kappa shape index (κ3) is 4.82. The van der Waals surface area contributed by atoms with Crippen LogP contribution in [0.2, 0.25) is 0 Å². The van der Waals surface area contributed by atoms with Gasteiger partial charge in [-0.15, -0.1) is 0 Å². The van der Waals surface area contributed by atoms with Crippen molar-refractivity contribution < 1.29 is 4.79 Å². The van der Waals surface area contributed by atoms with Crippen LogP contribution in [0.5, 0.6) is 0 Å². The number of benzene rings is 2. The molecule has 3 nitrogen and oxygen atoms in total. The Bertz CT molecular complexity index is 708. The number of aryl methyl sites for hydroxylation is 2. The minimum atomic E-state index is -0.258. The van der Waals surface area contributed by atoms with Gasteiger partial charge in [0.05, 0.1) is 0 Å². The second-order valence-electron chi connectivity index (χ2n) is 5.01. The Morgan fingerprint density at radius 2 is 1.82 bits per heavy atom. The molecule has 0 aliphatic carbocycles. The molecule has 0 aromatic heterocycles. The van der Waals surface area contributed by atoms with E-state index in [1.54, 1.807) is 6.08 Å². The fourth-order valence-electron chi connectivity index (χ4n) is 1.91. The standard InChI is InChI=1S/C18H18N2OS/c1-13-8-9-14(2)16(12-13)19-18(22)20-17(21)11-10-15-6-4-3-5-7-15/h3-12H,1-2H3,(H2,19,20,21,22)/b11-10+. The van der Waals surface area contributed by atoms with E-state index in [9.17, 15) is 4.79 Å². The highest BCUT2D eigenvalue weighted by molar-refractivity contribution is 7.80. The van der Waals surface area contributed by atoms with Gasteiger partial charge in [0.25, 0.3) is 0 Å². The molecule has 2 aromatic carbocycles. The summed E-state index contributed by atoms with van der Waals surface area (Å²) in [6.45, 7) is 4.00. The SMILES string of the molecule is Cc1ccc(C)c(NC(=S)NC(=O)/C=C/c2ccccc2)c1. The van der Waals surface area contributed by atoms with Crippen molar-refractivity contribution >= 4 is 35.0 Å². The maximum Gasteiger partial charge on any atom is 0.250 e. The summed E-state index contributed by atoms with van der Waals surface area (Å²) in [6, 6.07) is 15.7. The van der Waals surface area contributed by atoms with Gasteiger partial charge in [0.1, 0.15) is 0 Å². The maximum atomic E-state index is 11.8. The lowest BCUT2D eigenvalue weighted by Crippen LogP contribution is -2.33. The molecule has 0 fully saturated rings. The minimum absolute atomic E-state index is 0.258. The Morgan fingerprint density at radius 3 is 2.55 bits per heavy atom. The van der Waals surface area contributed by atoms with Crippen LogP contribution >= 0.6 is 12.2 Å². The quantitative estimate of drug-likeness (QED) is 0.669. The van der Waals surface area contributed by atoms with Gasteiger partial charge in [0, 0.05) is 11.8 Å². The number of carbonyl (C=O) groups is 1. The number of carbonyl (C=O) groups excluding carboxylic acids is 1. The summed E-state index contributed by atoms with van der Waals surface area (Å²) >= 11 is 5.17. The van der Waals surface area contributed by atoms with Gasteiger partial charge in [0.15, 0.2) is 5.11 Å². The zero-order valence-corrected chi connectivity index (χ0v) is 13.4. The van der Waals surface area contributed by atoms with E-state index in [-0.39, 0.29) is 11.0 Å². The van der Waals surface area contributed by atoms with Gasteiger partial charge in [-0.2, -0.15) is 0 Å². The predicted molar refractivity (Wildman–Crippen MR) is 95.8 cm³/mol. The fourth-order valence-corrected chi connectivity index (χ4v) is 2.12. The van der Waals surface area contributed by atoms with E-state index in [0.29, 0.717) is 0 Å². The topological polar surface area (TPSA) is 41.1 Å². The first-order valence-electron chi connectivity index (χ1n) is 6.97. The molecule has 2 rings (SSSR count). The Kier molecular flexibility index (Phi) is 5.44. The summed E-state index contributed by atoms with van der Waals surface area (Å²) in [4.78, 5) is 11.8. The number of nitrogens with one attached hydrogen (secondary N) is 2. The van der Waals surface area contributed by atoms with Crippen LogP contribution in [-0.2, 0) is 4.79 Å². The van der Waals surface area contributed by atoms with Gasteiger partial charge in [-0.05, 0) is 54.9 Å². The van der Waals surface area contributed by atoms with Crippen molar-refractivity contribution in [1.82, 2.24) is 5.32 Å². The fraction of sp³-hybridized carbons (Fsp3) is 0.111. The van der Waals surface area contributed by atoms with E-state index >= 15 is 0 Å². The normalized spacial score (nSPS) is 10.5. The van der Waals surface area contributed by atoms with Crippen molar-refractivity contribution in [2.75, 3.05) is 5.32 Å². The molecular formula is C18H18N2OS. The molecule has 0 atom stereocenters. The highest BCUT2D eigenvalue weighted by Crippen LogP contribution is 2.16. The molecule has 0 aliphatic heterocycles. The Balaban J connectivity index is 1.93. The van der Waals surface area contributed by atoms with Gasteiger partial charge in [0.2, 0.25) is 5.91 Å². The van der Waals surface area contributed by atoms with Crippen LogP contribution in [0.1, 0.15) is 16.7 Å². The Labute approximate surface area is 136 Å². The van der Waals surface area contributed by atoms with E-state index in [1.165, 1.54) is 6.08 Å². The first-order valence-corrected chi connectivity index (χ1v) is 7.38. The summed E-state index contributed by atoms with van der Waals surface area (Å²) in [5.41, 5.74) is 4.07. The monoisotopic (exact) mass is 310 g/mol. The molecule has 0 heterocycles. The van der Waals surface area contributed by atoms with Crippen molar-refractivity contribution in [2.24, 2.45) is 0 Å². The molecule has 0 saturated carbocycles. The zero-order chi connectivity index (χ0) is 15.9. The highest BCUT2D eigenvalue weighted by atomic mass is 32.1. The Hall–Kier alpha value is -2.46. The van der Waals surface area contributed by atoms with Crippen molar-refractivity contribution in [3.05, 3.63) is 71.3 Å². The van der Waals surface area contributed by atoms with E-state index < -0.39 is 0 Å². The van der Waals surface area contributed by atoms with Crippen LogP contribution in [0.15, 0.2) is 54.6 Å². The minimum Gasteiger partial charge on any atom is -0.332 e. The molecular weight excluding hydrogens is 292 g/mol. The van der Waals surface area contributed by atoms with Crippen molar-refractivity contribution in [3.63, 3.8) is 0 Å². The highest BCUT2D eigenvalue weighted by Gasteiger charge is 2.04. The third-order valence-electron chi connectivity index (χ3n) is 3.10. The zero-order valence-electron chi connectivity index (χ0n) is 12.6. The van der Waals surface area contributed by atoms with Gasteiger partial charge >= 0.3 is 0 Å². The molecule has 0 unspecified atom stereocenters. The largest absolute Gasteiger partial charge is 0.332 e. The summed E-state index contributed by atoms with van der Waals surface area (Å²) in [7, 11) is 0. The lowest BCUT2D eigenvalue weighted by atomic mass is 10.1. The molecule has 2 N–H and O–H groups in total. The van der Waals surface area contributed by atoms with E-state index in [0.717, 1.165) is 22.4 Å². The average molecular weight is 310 g/mol. The Morgan fingerprint density at radius 1 is 1.09 bits per heavy atom. The third-order valence-corrected chi connectivity index (χ3v) is 3.31. The van der Waals surface area contributed by atoms with Crippen LogP contribution < -0.4 is 10.6 Å². The molecule has 1 amide bonds. The molecule has 0 bridgehead atoms. The number of rotatable bonds is 3. The number of thiocarbonyl (C=S) groups is 1. The summed E-state index contributed by atoms with van der Waals surface area (Å²) < 4.78 is 0. The van der Waals surface area contributed by atoms with E-state index in [1.807, 2.05) is 62.4 Å². The van der Waals surface area contributed by atoms with Gasteiger partial charge in [-0.25, -0.2) is 0 Å². The second-order valence-corrected chi connectivity index (χ2v) is 5.41. The molecule has 0 radical (unpaired) electrons. The van der Waals surface area contributed by atoms with Crippen LogP contribution in [-0.4, -0.2) is 11.0 Å². The average Bonchev–Trinajstić information content (AvgIpc) is 2.50. The van der Waals surface area contributed by atoms with Gasteiger partial charge in [-0.3, -0.25) is 10.1 Å². The number of hydrogen-bond donors (Lipinski definition) is 2.